The van der Waals surface area contributed by atoms with Gasteiger partial charge in [-0.3, -0.25) is 0 Å². The van der Waals surface area contributed by atoms with Crippen LogP contribution in [0.3, 0.4) is 0 Å². The summed E-state index contributed by atoms with van der Waals surface area (Å²) >= 11 is 5.38. The van der Waals surface area contributed by atoms with E-state index >= 15 is 0 Å². The van der Waals surface area contributed by atoms with Crippen LogP contribution in [0.1, 0.15) is 23.4 Å². The number of nitrogens with one attached hydrogen (secondary N) is 1. The number of furan rings is 1. The highest BCUT2D eigenvalue weighted by molar-refractivity contribution is 9.10. The summed E-state index contributed by atoms with van der Waals surface area (Å²) in [6, 6.07) is 10.4. The zero-order valence-electron chi connectivity index (χ0n) is 10.5. The number of rotatable bonds is 4. The van der Waals surface area contributed by atoms with Crippen molar-refractivity contribution in [2.24, 2.45) is 0 Å². The molecule has 1 atom stereocenters. The van der Waals surface area contributed by atoms with Gasteiger partial charge in [0.05, 0.1) is 12.3 Å². The topological polar surface area (TPSA) is 25.2 Å². The number of hydrogen-bond acceptors (Lipinski definition) is 3. The molecule has 3 aromatic rings. The second-order valence-corrected chi connectivity index (χ2v) is 6.11. The highest BCUT2D eigenvalue weighted by Gasteiger charge is 2.21. The van der Waals surface area contributed by atoms with Crippen molar-refractivity contribution in [2.45, 2.75) is 13.0 Å². The van der Waals surface area contributed by atoms with Gasteiger partial charge in [0.2, 0.25) is 0 Å². The average molecular weight is 336 g/mol. The summed E-state index contributed by atoms with van der Waals surface area (Å²) < 4.78 is 6.81. The van der Waals surface area contributed by atoms with Crippen molar-refractivity contribution in [3.63, 3.8) is 0 Å². The molecule has 1 aromatic carbocycles. The lowest BCUT2D eigenvalue weighted by molar-refractivity contribution is 0.587. The molecule has 2 heterocycles. The zero-order chi connectivity index (χ0) is 13.2. The fraction of sp³-hybridized carbons (Fsp3) is 0.200. The molecule has 1 unspecified atom stereocenters. The maximum atomic E-state index is 5.66. The van der Waals surface area contributed by atoms with E-state index in [-0.39, 0.29) is 6.04 Å². The fourth-order valence-electron chi connectivity index (χ4n) is 2.28. The Labute approximate surface area is 124 Å². The van der Waals surface area contributed by atoms with Gasteiger partial charge in [0, 0.05) is 20.3 Å². The minimum Gasteiger partial charge on any atom is -0.464 e. The van der Waals surface area contributed by atoms with Crippen molar-refractivity contribution in [3.05, 3.63) is 56.9 Å². The average Bonchev–Trinajstić information content (AvgIpc) is 3.03. The van der Waals surface area contributed by atoms with Crippen LogP contribution in [0.2, 0.25) is 0 Å². The highest BCUT2D eigenvalue weighted by atomic mass is 79.9. The van der Waals surface area contributed by atoms with Gasteiger partial charge in [-0.05, 0) is 40.0 Å². The van der Waals surface area contributed by atoms with Crippen LogP contribution in [0.5, 0.6) is 0 Å². The minimum absolute atomic E-state index is 0.169. The van der Waals surface area contributed by atoms with Crippen LogP contribution < -0.4 is 5.32 Å². The van der Waals surface area contributed by atoms with Gasteiger partial charge in [-0.1, -0.05) is 25.1 Å². The third kappa shape index (κ3) is 2.36. The summed E-state index contributed by atoms with van der Waals surface area (Å²) in [4.78, 5) is 1.29. The summed E-state index contributed by atoms with van der Waals surface area (Å²) in [7, 11) is 0. The van der Waals surface area contributed by atoms with Gasteiger partial charge in [-0.15, -0.1) is 11.3 Å². The molecule has 98 valence electrons. The van der Waals surface area contributed by atoms with Gasteiger partial charge in [-0.2, -0.15) is 0 Å². The van der Waals surface area contributed by atoms with Crippen LogP contribution in [0.15, 0.2) is 50.9 Å². The Bertz CT molecular complexity index is 688. The van der Waals surface area contributed by atoms with Crippen LogP contribution in [-0.4, -0.2) is 6.54 Å². The molecule has 0 radical (unpaired) electrons. The Morgan fingerprint density at radius 2 is 2.16 bits per heavy atom. The van der Waals surface area contributed by atoms with Gasteiger partial charge in [-0.25, -0.2) is 0 Å². The number of halogens is 1. The van der Waals surface area contributed by atoms with Gasteiger partial charge in [0.1, 0.15) is 5.58 Å². The lowest BCUT2D eigenvalue weighted by Gasteiger charge is -2.16. The Kier molecular flexibility index (Phi) is 3.73. The standard InChI is InChI=1S/C15H14BrNOS/c1-2-17-14(15-12(16)7-8-19-15)11-9-18-13-6-4-3-5-10(11)13/h3-9,14,17H,2H2,1H3. The molecule has 19 heavy (non-hydrogen) atoms. The lowest BCUT2D eigenvalue weighted by atomic mass is 10.0. The predicted octanol–water partition coefficient (Wildman–Crippen LogP) is 4.96. The number of benzene rings is 1. The number of thiophene rings is 1. The first-order chi connectivity index (χ1) is 9.31. The van der Waals surface area contributed by atoms with E-state index in [1.807, 2.05) is 24.5 Å². The van der Waals surface area contributed by atoms with E-state index in [1.54, 1.807) is 11.3 Å². The highest BCUT2D eigenvalue weighted by Crippen LogP contribution is 2.36. The smallest absolute Gasteiger partial charge is 0.134 e. The van der Waals surface area contributed by atoms with Crippen LogP contribution in [-0.2, 0) is 0 Å². The van der Waals surface area contributed by atoms with Crippen molar-refractivity contribution in [1.82, 2.24) is 5.32 Å². The molecule has 0 aliphatic carbocycles. The number of hydrogen-bond donors (Lipinski definition) is 1. The largest absolute Gasteiger partial charge is 0.464 e. The van der Waals surface area contributed by atoms with E-state index in [1.165, 1.54) is 15.8 Å². The maximum absolute atomic E-state index is 5.66. The Balaban J connectivity index is 2.12. The summed E-state index contributed by atoms with van der Waals surface area (Å²) in [5.41, 5.74) is 2.13. The first kappa shape index (κ1) is 12.9. The molecule has 0 aliphatic rings. The molecule has 4 heteroatoms. The molecule has 0 spiro atoms. The molecule has 0 aliphatic heterocycles. The molecular formula is C15H14BrNOS. The summed E-state index contributed by atoms with van der Waals surface area (Å²) in [6.07, 6.45) is 1.87. The monoisotopic (exact) mass is 335 g/mol. The molecule has 2 nitrogen and oxygen atoms in total. The van der Waals surface area contributed by atoms with Crippen molar-refractivity contribution >= 4 is 38.2 Å². The first-order valence-electron chi connectivity index (χ1n) is 6.23. The Hall–Kier alpha value is -1.10. The van der Waals surface area contributed by atoms with E-state index in [0.29, 0.717) is 0 Å². The molecule has 0 bridgehead atoms. The molecule has 1 N–H and O–H groups in total. The van der Waals surface area contributed by atoms with Gasteiger partial charge < -0.3 is 9.73 Å². The van der Waals surface area contributed by atoms with Crippen molar-refractivity contribution < 1.29 is 4.42 Å². The van der Waals surface area contributed by atoms with Crippen LogP contribution in [0.4, 0.5) is 0 Å². The van der Waals surface area contributed by atoms with E-state index in [9.17, 15) is 0 Å². The summed E-state index contributed by atoms with van der Waals surface area (Å²) in [6.45, 7) is 3.03. The molecule has 2 aromatic heterocycles. The zero-order valence-corrected chi connectivity index (χ0v) is 12.9. The molecular weight excluding hydrogens is 322 g/mol. The minimum atomic E-state index is 0.169. The fourth-order valence-corrected chi connectivity index (χ4v) is 3.98. The maximum Gasteiger partial charge on any atom is 0.134 e. The molecule has 0 fully saturated rings. The van der Waals surface area contributed by atoms with E-state index in [4.69, 9.17) is 4.42 Å². The molecule has 3 rings (SSSR count). The van der Waals surface area contributed by atoms with E-state index in [0.717, 1.165) is 16.6 Å². The van der Waals surface area contributed by atoms with Gasteiger partial charge >= 0.3 is 0 Å². The number of fused-ring (bicyclic) bond motifs is 1. The van der Waals surface area contributed by atoms with Crippen LogP contribution in [0.25, 0.3) is 11.0 Å². The summed E-state index contributed by atoms with van der Waals surface area (Å²) in [5, 5.41) is 6.82. The second-order valence-electron chi connectivity index (χ2n) is 4.31. The van der Waals surface area contributed by atoms with Crippen molar-refractivity contribution in [3.8, 4) is 0 Å². The SMILES string of the molecule is CCNC(c1sccc1Br)c1coc2ccccc12. The first-order valence-corrected chi connectivity index (χ1v) is 7.91. The third-order valence-electron chi connectivity index (χ3n) is 3.14. The van der Waals surface area contributed by atoms with Gasteiger partial charge in [0.15, 0.2) is 0 Å². The van der Waals surface area contributed by atoms with E-state index < -0.39 is 0 Å². The Morgan fingerprint density at radius 3 is 2.89 bits per heavy atom. The molecule has 0 amide bonds. The second kappa shape index (κ2) is 5.49. The lowest BCUT2D eigenvalue weighted by Crippen LogP contribution is -2.21. The van der Waals surface area contributed by atoms with Gasteiger partial charge in [0.25, 0.3) is 0 Å². The van der Waals surface area contributed by atoms with Crippen LogP contribution in [0, 0.1) is 0 Å². The van der Waals surface area contributed by atoms with E-state index in [2.05, 4.69) is 45.7 Å². The van der Waals surface area contributed by atoms with Crippen molar-refractivity contribution in [1.29, 1.82) is 0 Å². The Morgan fingerprint density at radius 1 is 1.32 bits per heavy atom. The number of para-hydroxylation sites is 1. The third-order valence-corrected chi connectivity index (χ3v) is 5.07. The normalized spacial score (nSPS) is 12.9. The van der Waals surface area contributed by atoms with Crippen molar-refractivity contribution in [2.75, 3.05) is 6.54 Å². The predicted molar refractivity (Wildman–Crippen MR) is 83.8 cm³/mol. The molecule has 0 saturated heterocycles. The summed E-state index contributed by atoms with van der Waals surface area (Å²) in [5.74, 6) is 0. The quantitative estimate of drug-likeness (QED) is 0.729. The van der Waals surface area contributed by atoms with Crippen LogP contribution >= 0.6 is 27.3 Å². The molecule has 0 saturated carbocycles.